The van der Waals surface area contributed by atoms with Crippen LogP contribution >= 0.6 is 0 Å². The van der Waals surface area contributed by atoms with Crippen LogP contribution in [0, 0.1) is 19.7 Å². The van der Waals surface area contributed by atoms with E-state index in [1.165, 1.54) is 25.0 Å². The second-order valence-electron chi connectivity index (χ2n) is 6.37. The highest BCUT2D eigenvalue weighted by Crippen LogP contribution is 2.29. The van der Waals surface area contributed by atoms with Gasteiger partial charge < -0.3 is 15.2 Å². The third-order valence-corrected chi connectivity index (χ3v) is 4.44. The number of rotatable bonds is 3. The molecule has 0 atom stereocenters. The van der Waals surface area contributed by atoms with Gasteiger partial charge in [-0.3, -0.25) is 0 Å². The molecule has 1 fully saturated rings. The smallest absolute Gasteiger partial charge is 0.229 e. The number of aryl methyl sites for hydroxylation is 2. The minimum atomic E-state index is -0.235. The topological polar surface area (TPSA) is 56.8 Å². The first kappa shape index (κ1) is 14.9. The molecule has 1 aliphatic heterocycles. The molecule has 3 aromatic rings. The van der Waals surface area contributed by atoms with Crippen LogP contribution in [-0.2, 0) is 0 Å². The Kier molecular flexibility index (Phi) is 3.59. The van der Waals surface area contributed by atoms with Crippen molar-refractivity contribution in [3.8, 4) is 0 Å². The molecule has 5 nitrogen and oxygen atoms in total. The van der Waals surface area contributed by atoms with Gasteiger partial charge in [0.2, 0.25) is 5.95 Å². The Morgan fingerprint density at radius 2 is 1.92 bits per heavy atom. The van der Waals surface area contributed by atoms with Crippen LogP contribution in [-0.4, -0.2) is 28.0 Å². The van der Waals surface area contributed by atoms with Crippen molar-refractivity contribution in [2.45, 2.75) is 26.7 Å². The first-order valence-electron chi connectivity index (χ1n) is 8.25. The number of H-pyrrole nitrogens is 1. The Labute approximate surface area is 139 Å². The van der Waals surface area contributed by atoms with Crippen LogP contribution in [0.2, 0.25) is 0 Å². The number of hydrogen-bond donors (Lipinski definition) is 2. The summed E-state index contributed by atoms with van der Waals surface area (Å²) in [5.41, 5.74) is 3.56. The number of halogens is 1. The third-order valence-electron chi connectivity index (χ3n) is 4.44. The Morgan fingerprint density at radius 3 is 2.67 bits per heavy atom. The van der Waals surface area contributed by atoms with E-state index in [1.54, 1.807) is 6.07 Å². The monoisotopic (exact) mass is 325 g/mol. The van der Waals surface area contributed by atoms with Crippen molar-refractivity contribution in [2.24, 2.45) is 0 Å². The number of anilines is 3. The van der Waals surface area contributed by atoms with Crippen LogP contribution in [0.15, 0.2) is 24.3 Å². The molecule has 2 N–H and O–H groups in total. The highest BCUT2D eigenvalue weighted by atomic mass is 19.1. The Hall–Kier alpha value is -2.63. The number of benzene rings is 1. The fourth-order valence-electron chi connectivity index (χ4n) is 3.18. The summed E-state index contributed by atoms with van der Waals surface area (Å²) in [6.45, 7) is 5.86. The van der Waals surface area contributed by atoms with E-state index in [0.29, 0.717) is 0 Å². The molecule has 3 heterocycles. The number of nitrogens with zero attached hydrogens (tertiary/aromatic N) is 3. The van der Waals surface area contributed by atoms with E-state index in [2.05, 4.69) is 20.2 Å². The van der Waals surface area contributed by atoms with Gasteiger partial charge in [-0.1, -0.05) is 0 Å². The largest absolute Gasteiger partial charge is 0.343 e. The van der Waals surface area contributed by atoms with E-state index in [-0.39, 0.29) is 5.82 Å². The number of fused-ring (bicyclic) bond motifs is 1. The summed E-state index contributed by atoms with van der Waals surface area (Å²) in [6, 6.07) is 6.75. The predicted octanol–water partition coefficient (Wildman–Crippen LogP) is 4.06. The van der Waals surface area contributed by atoms with Crippen LogP contribution in [0.4, 0.5) is 21.8 Å². The molecule has 0 radical (unpaired) electrons. The second kappa shape index (κ2) is 5.78. The molecule has 0 amide bonds. The third kappa shape index (κ3) is 2.68. The van der Waals surface area contributed by atoms with Crippen molar-refractivity contribution in [2.75, 3.05) is 23.3 Å². The fraction of sp³-hybridized carbons (Fsp3) is 0.333. The van der Waals surface area contributed by atoms with E-state index >= 15 is 0 Å². The first-order chi connectivity index (χ1) is 11.6. The van der Waals surface area contributed by atoms with Crippen LogP contribution < -0.4 is 10.2 Å². The van der Waals surface area contributed by atoms with Crippen molar-refractivity contribution in [3.05, 3.63) is 41.3 Å². The Balaban J connectivity index is 1.79. The highest BCUT2D eigenvalue weighted by molar-refractivity contribution is 5.91. The molecule has 24 heavy (non-hydrogen) atoms. The summed E-state index contributed by atoms with van der Waals surface area (Å²) >= 11 is 0. The lowest BCUT2D eigenvalue weighted by Crippen LogP contribution is -2.20. The lowest BCUT2D eigenvalue weighted by molar-refractivity contribution is 0.627. The molecule has 1 aliphatic rings. The molecule has 0 unspecified atom stereocenters. The second-order valence-corrected chi connectivity index (χ2v) is 6.37. The molecule has 2 aromatic heterocycles. The van der Waals surface area contributed by atoms with Gasteiger partial charge in [0.05, 0.1) is 5.39 Å². The zero-order chi connectivity index (χ0) is 16.7. The van der Waals surface area contributed by atoms with Gasteiger partial charge in [-0.25, -0.2) is 4.39 Å². The minimum Gasteiger partial charge on any atom is -0.343 e. The summed E-state index contributed by atoms with van der Waals surface area (Å²) < 4.78 is 13.3. The van der Waals surface area contributed by atoms with Gasteiger partial charge in [-0.15, -0.1) is 0 Å². The maximum absolute atomic E-state index is 13.3. The van der Waals surface area contributed by atoms with Crippen molar-refractivity contribution in [1.29, 1.82) is 0 Å². The summed E-state index contributed by atoms with van der Waals surface area (Å²) in [4.78, 5) is 14.9. The van der Waals surface area contributed by atoms with Crippen molar-refractivity contribution < 1.29 is 4.39 Å². The van der Waals surface area contributed by atoms with Crippen molar-refractivity contribution in [1.82, 2.24) is 15.0 Å². The van der Waals surface area contributed by atoms with E-state index < -0.39 is 0 Å². The molecular formula is C18H20FN5. The number of hydrogen-bond acceptors (Lipinski definition) is 4. The van der Waals surface area contributed by atoms with E-state index in [4.69, 9.17) is 4.98 Å². The zero-order valence-corrected chi connectivity index (χ0v) is 13.9. The van der Waals surface area contributed by atoms with Crippen LogP contribution in [0.1, 0.15) is 24.1 Å². The number of aromatic amines is 1. The maximum Gasteiger partial charge on any atom is 0.229 e. The highest BCUT2D eigenvalue weighted by Gasteiger charge is 2.18. The molecule has 0 aliphatic carbocycles. The molecule has 6 heteroatoms. The molecule has 124 valence electrons. The molecule has 0 spiro atoms. The predicted molar refractivity (Wildman–Crippen MR) is 94.5 cm³/mol. The number of aromatic nitrogens is 3. The molecule has 4 rings (SSSR count). The summed E-state index contributed by atoms with van der Waals surface area (Å²) in [5.74, 6) is 1.26. The van der Waals surface area contributed by atoms with E-state index in [0.717, 1.165) is 52.8 Å². The van der Waals surface area contributed by atoms with Crippen molar-refractivity contribution in [3.63, 3.8) is 0 Å². The molecule has 1 saturated heterocycles. The van der Waals surface area contributed by atoms with Crippen molar-refractivity contribution >= 4 is 28.5 Å². The molecule has 0 saturated carbocycles. The van der Waals surface area contributed by atoms with Gasteiger partial charge in [-0.2, -0.15) is 9.97 Å². The normalized spacial score (nSPS) is 14.5. The standard InChI is InChI=1S/C18H20FN5/c1-11-9-13(19)5-6-15(11)21-17-14-10-12(2)20-16(14)22-18(23-17)24-7-3-4-8-24/h5-6,9-10H,3-4,7-8H2,1-2H3,(H2,20,21,22,23). The summed E-state index contributed by atoms with van der Waals surface area (Å²) in [7, 11) is 0. The lowest BCUT2D eigenvalue weighted by Gasteiger charge is -2.17. The fourth-order valence-corrected chi connectivity index (χ4v) is 3.18. The lowest BCUT2D eigenvalue weighted by atomic mass is 10.2. The first-order valence-corrected chi connectivity index (χ1v) is 8.25. The maximum atomic E-state index is 13.3. The summed E-state index contributed by atoms with van der Waals surface area (Å²) in [5, 5.41) is 4.30. The van der Waals surface area contributed by atoms with Gasteiger partial charge in [0.1, 0.15) is 17.3 Å². The van der Waals surface area contributed by atoms with Gasteiger partial charge >= 0.3 is 0 Å². The molecule has 1 aromatic carbocycles. The van der Waals surface area contributed by atoms with E-state index in [1.807, 2.05) is 19.9 Å². The zero-order valence-electron chi connectivity index (χ0n) is 13.9. The van der Waals surface area contributed by atoms with E-state index in [9.17, 15) is 4.39 Å². The van der Waals surface area contributed by atoms with Gasteiger partial charge in [0.15, 0.2) is 0 Å². The van der Waals surface area contributed by atoms with Gasteiger partial charge in [0.25, 0.3) is 0 Å². The average Bonchev–Trinajstić information content (AvgIpc) is 3.18. The van der Waals surface area contributed by atoms with Crippen LogP contribution in [0.5, 0.6) is 0 Å². The average molecular weight is 325 g/mol. The molecular weight excluding hydrogens is 305 g/mol. The summed E-state index contributed by atoms with van der Waals surface area (Å²) in [6.07, 6.45) is 2.34. The Bertz CT molecular complexity index is 896. The molecule has 0 bridgehead atoms. The quantitative estimate of drug-likeness (QED) is 0.762. The van der Waals surface area contributed by atoms with Crippen LogP contribution in [0.25, 0.3) is 11.0 Å². The Morgan fingerprint density at radius 1 is 1.12 bits per heavy atom. The SMILES string of the molecule is Cc1cc2c(Nc3ccc(F)cc3C)nc(N3CCCC3)nc2[nH]1. The van der Waals surface area contributed by atoms with Gasteiger partial charge in [-0.05, 0) is 56.5 Å². The minimum absolute atomic E-state index is 0.235. The van der Waals surface area contributed by atoms with Crippen LogP contribution in [0.3, 0.4) is 0 Å². The van der Waals surface area contributed by atoms with Gasteiger partial charge in [0, 0.05) is 24.5 Å². The number of nitrogens with one attached hydrogen (secondary N) is 2.